The van der Waals surface area contributed by atoms with Crippen LogP contribution in [0.3, 0.4) is 0 Å². The van der Waals surface area contributed by atoms with Gasteiger partial charge in [0.25, 0.3) is 0 Å². The third kappa shape index (κ3) is 4.79. The number of nitrogens with one attached hydrogen (secondary N) is 2. The van der Waals surface area contributed by atoms with Crippen molar-refractivity contribution in [3.8, 4) is 0 Å². The number of hydrogen-bond acceptors (Lipinski definition) is 3. The van der Waals surface area contributed by atoms with Crippen LogP contribution in [0.15, 0.2) is 16.5 Å². The smallest absolute Gasteiger partial charge is 0.315 e. The molecule has 2 rings (SSSR count). The highest BCUT2D eigenvalue weighted by Gasteiger charge is 2.17. The van der Waals surface area contributed by atoms with Gasteiger partial charge in [0.05, 0.1) is 6.04 Å². The molecule has 0 aromatic carbocycles. The maximum absolute atomic E-state index is 11.9. The van der Waals surface area contributed by atoms with Crippen molar-refractivity contribution in [1.82, 2.24) is 15.5 Å². The van der Waals surface area contributed by atoms with Gasteiger partial charge in [-0.3, -0.25) is 4.79 Å². The standard InChI is InChI=1S/C16H25N3O3/c1-12-7-8-14(22-12)13(2)18-16(21)17-9-11-19-10-5-3-4-6-15(19)20/h7-8,13H,3-6,9-11H2,1-2H3,(H2,17,18,21)/t13-/m1/s1. The Balaban J connectivity index is 1.70. The van der Waals surface area contributed by atoms with E-state index in [1.807, 2.05) is 30.9 Å². The third-order valence-electron chi connectivity index (χ3n) is 3.87. The molecule has 1 fully saturated rings. The summed E-state index contributed by atoms with van der Waals surface area (Å²) in [6, 6.07) is 3.30. The number of carbonyl (C=O) groups excluding carboxylic acids is 2. The van der Waals surface area contributed by atoms with Crippen LogP contribution in [0.1, 0.15) is 50.2 Å². The Kier molecular flexibility index (Phi) is 5.86. The van der Waals surface area contributed by atoms with E-state index in [0.717, 1.165) is 37.3 Å². The number of hydrogen-bond donors (Lipinski definition) is 2. The van der Waals surface area contributed by atoms with Crippen LogP contribution >= 0.6 is 0 Å². The first-order valence-corrected chi connectivity index (χ1v) is 7.95. The van der Waals surface area contributed by atoms with Crippen molar-refractivity contribution in [3.63, 3.8) is 0 Å². The predicted octanol–water partition coefficient (Wildman–Crippen LogP) is 2.35. The van der Waals surface area contributed by atoms with Crippen LogP contribution in [-0.2, 0) is 4.79 Å². The summed E-state index contributed by atoms with van der Waals surface area (Å²) in [6.07, 6.45) is 3.76. The molecule has 1 saturated heterocycles. The van der Waals surface area contributed by atoms with Crippen LogP contribution in [0.2, 0.25) is 0 Å². The molecule has 6 heteroatoms. The van der Waals surface area contributed by atoms with Crippen molar-refractivity contribution in [3.05, 3.63) is 23.7 Å². The van der Waals surface area contributed by atoms with E-state index < -0.39 is 0 Å². The van der Waals surface area contributed by atoms with Gasteiger partial charge >= 0.3 is 6.03 Å². The van der Waals surface area contributed by atoms with Crippen molar-refractivity contribution in [2.75, 3.05) is 19.6 Å². The summed E-state index contributed by atoms with van der Waals surface area (Å²) in [5.41, 5.74) is 0. The Labute approximate surface area is 131 Å². The van der Waals surface area contributed by atoms with E-state index in [-0.39, 0.29) is 18.0 Å². The van der Waals surface area contributed by atoms with Crippen molar-refractivity contribution in [2.45, 2.75) is 45.6 Å². The maximum Gasteiger partial charge on any atom is 0.315 e. The predicted molar refractivity (Wildman–Crippen MR) is 83.4 cm³/mol. The highest BCUT2D eigenvalue weighted by Crippen LogP contribution is 2.15. The Hall–Kier alpha value is -1.98. The highest BCUT2D eigenvalue weighted by atomic mass is 16.3. The zero-order chi connectivity index (χ0) is 15.9. The van der Waals surface area contributed by atoms with Gasteiger partial charge in [-0.2, -0.15) is 0 Å². The van der Waals surface area contributed by atoms with Gasteiger partial charge in [0.1, 0.15) is 11.5 Å². The molecule has 1 aliphatic rings. The number of amides is 3. The first-order chi connectivity index (χ1) is 10.6. The Bertz CT molecular complexity index is 512. The number of urea groups is 1. The molecule has 22 heavy (non-hydrogen) atoms. The van der Waals surface area contributed by atoms with Crippen molar-refractivity contribution in [2.24, 2.45) is 0 Å². The summed E-state index contributed by atoms with van der Waals surface area (Å²) in [5, 5.41) is 5.62. The summed E-state index contributed by atoms with van der Waals surface area (Å²) in [6.45, 7) is 5.57. The fraction of sp³-hybridized carbons (Fsp3) is 0.625. The van der Waals surface area contributed by atoms with Gasteiger partial charge in [0, 0.05) is 26.1 Å². The van der Waals surface area contributed by atoms with Gasteiger partial charge in [0.15, 0.2) is 0 Å². The molecule has 1 aliphatic heterocycles. The van der Waals surface area contributed by atoms with E-state index in [9.17, 15) is 9.59 Å². The number of rotatable bonds is 5. The molecule has 0 spiro atoms. The average molecular weight is 307 g/mol. The molecular weight excluding hydrogens is 282 g/mol. The van der Waals surface area contributed by atoms with Gasteiger partial charge in [-0.1, -0.05) is 6.42 Å². The first-order valence-electron chi connectivity index (χ1n) is 7.95. The number of likely N-dealkylation sites (tertiary alicyclic amines) is 1. The second-order valence-corrected chi connectivity index (χ2v) is 5.76. The lowest BCUT2D eigenvalue weighted by Gasteiger charge is -2.21. The summed E-state index contributed by atoms with van der Waals surface area (Å²) in [5.74, 6) is 1.75. The monoisotopic (exact) mass is 307 g/mol. The van der Waals surface area contributed by atoms with Crippen molar-refractivity contribution in [1.29, 1.82) is 0 Å². The first kappa shape index (κ1) is 16.4. The van der Waals surface area contributed by atoms with Gasteiger partial charge in [0.2, 0.25) is 5.91 Å². The second kappa shape index (κ2) is 7.87. The maximum atomic E-state index is 11.9. The van der Waals surface area contributed by atoms with E-state index in [2.05, 4.69) is 10.6 Å². The summed E-state index contributed by atoms with van der Waals surface area (Å²) < 4.78 is 5.48. The van der Waals surface area contributed by atoms with Crippen LogP contribution < -0.4 is 10.6 Å². The largest absolute Gasteiger partial charge is 0.464 e. The van der Waals surface area contributed by atoms with Gasteiger partial charge < -0.3 is 20.0 Å². The molecule has 122 valence electrons. The van der Waals surface area contributed by atoms with Gasteiger partial charge in [-0.15, -0.1) is 0 Å². The minimum atomic E-state index is -0.246. The molecule has 6 nitrogen and oxygen atoms in total. The topological polar surface area (TPSA) is 74.6 Å². The Morgan fingerprint density at radius 1 is 1.36 bits per heavy atom. The molecule has 1 aromatic heterocycles. The summed E-state index contributed by atoms with van der Waals surface area (Å²) in [4.78, 5) is 25.5. The fourth-order valence-corrected chi connectivity index (χ4v) is 2.58. The van der Waals surface area contributed by atoms with E-state index in [0.29, 0.717) is 19.5 Å². The number of aryl methyl sites for hydroxylation is 1. The number of furan rings is 1. The number of nitrogens with zero attached hydrogens (tertiary/aromatic N) is 1. The average Bonchev–Trinajstić information content (AvgIpc) is 2.81. The van der Waals surface area contributed by atoms with E-state index in [4.69, 9.17) is 4.42 Å². The molecule has 2 heterocycles. The Morgan fingerprint density at radius 2 is 2.18 bits per heavy atom. The molecule has 2 N–H and O–H groups in total. The quantitative estimate of drug-likeness (QED) is 0.877. The lowest BCUT2D eigenvalue weighted by molar-refractivity contribution is -0.130. The molecule has 3 amide bonds. The van der Waals surface area contributed by atoms with E-state index in [1.54, 1.807) is 0 Å². The van der Waals surface area contributed by atoms with E-state index in [1.165, 1.54) is 0 Å². The van der Waals surface area contributed by atoms with Crippen LogP contribution in [0, 0.1) is 6.92 Å². The lowest BCUT2D eigenvalue weighted by Crippen LogP contribution is -2.42. The number of carbonyl (C=O) groups is 2. The molecular formula is C16H25N3O3. The third-order valence-corrected chi connectivity index (χ3v) is 3.87. The minimum Gasteiger partial charge on any atom is -0.464 e. The normalized spacial score (nSPS) is 17.0. The minimum absolute atomic E-state index is 0.187. The summed E-state index contributed by atoms with van der Waals surface area (Å²) >= 11 is 0. The van der Waals surface area contributed by atoms with Crippen LogP contribution in [0.5, 0.6) is 0 Å². The van der Waals surface area contributed by atoms with Crippen LogP contribution in [-0.4, -0.2) is 36.5 Å². The van der Waals surface area contributed by atoms with Gasteiger partial charge in [-0.25, -0.2) is 4.79 Å². The van der Waals surface area contributed by atoms with Crippen molar-refractivity contribution >= 4 is 11.9 Å². The van der Waals surface area contributed by atoms with E-state index >= 15 is 0 Å². The zero-order valence-electron chi connectivity index (χ0n) is 13.4. The molecule has 0 saturated carbocycles. The molecule has 1 atom stereocenters. The lowest BCUT2D eigenvalue weighted by atomic mass is 10.2. The molecule has 0 aliphatic carbocycles. The van der Waals surface area contributed by atoms with Crippen LogP contribution in [0.25, 0.3) is 0 Å². The molecule has 0 bridgehead atoms. The zero-order valence-corrected chi connectivity index (χ0v) is 13.4. The molecule has 0 radical (unpaired) electrons. The highest BCUT2D eigenvalue weighted by molar-refractivity contribution is 5.77. The molecule has 1 aromatic rings. The second-order valence-electron chi connectivity index (χ2n) is 5.76. The molecule has 0 unspecified atom stereocenters. The van der Waals surface area contributed by atoms with Crippen LogP contribution in [0.4, 0.5) is 4.79 Å². The summed E-state index contributed by atoms with van der Waals surface area (Å²) in [7, 11) is 0. The Morgan fingerprint density at radius 3 is 2.91 bits per heavy atom. The van der Waals surface area contributed by atoms with Crippen molar-refractivity contribution < 1.29 is 14.0 Å². The fourth-order valence-electron chi connectivity index (χ4n) is 2.58. The van der Waals surface area contributed by atoms with Gasteiger partial charge in [-0.05, 0) is 38.8 Å². The SMILES string of the molecule is Cc1ccc([C@@H](C)NC(=O)NCCN2CCCCCC2=O)o1.